The van der Waals surface area contributed by atoms with Gasteiger partial charge in [0.15, 0.2) is 0 Å². The van der Waals surface area contributed by atoms with Gasteiger partial charge in [-0.15, -0.1) is 0 Å². The standard InChI is InChI=1S/C21H24INO/c1-20(2)11-12-21(3,4)18-13-16(9-10-17(18)20)23-19(24)14-5-7-15(22)8-6-14/h5-10,13H,11-12H2,1-4H3,(H,23,24). The van der Waals surface area contributed by atoms with E-state index in [0.717, 1.165) is 9.26 Å². The first-order chi connectivity index (χ1) is 11.2. The molecule has 0 aromatic heterocycles. The predicted molar refractivity (Wildman–Crippen MR) is 109 cm³/mol. The van der Waals surface area contributed by atoms with Crippen LogP contribution in [0, 0.1) is 3.57 Å². The molecule has 0 spiro atoms. The summed E-state index contributed by atoms with van der Waals surface area (Å²) in [6.45, 7) is 9.22. The summed E-state index contributed by atoms with van der Waals surface area (Å²) in [5.41, 5.74) is 4.68. The molecule has 1 N–H and O–H groups in total. The van der Waals surface area contributed by atoms with Crippen LogP contribution in [0.1, 0.15) is 62.0 Å². The Morgan fingerprint density at radius 3 is 2.12 bits per heavy atom. The van der Waals surface area contributed by atoms with Gasteiger partial charge in [-0.3, -0.25) is 4.79 Å². The summed E-state index contributed by atoms with van der Waals surface area (Å²) in [5, 5.41) is 3.05. The number of carbonyl (C=O) groups excluding carboxylic acids is 1. The molecule has 0 unspecified atom stereocenters. The SMILES string of the molecule is CC1(C)CCC(C)(C)c2cc(NC(=O)c3ccc(I)cc3)ccc21. The molecule has 1 aliphatic rings. The van der Waals surface area contributed by atoms with E-state index in [-0.39, 0.29) is 16.7 Å². The third kappa shape index (κ3) is 3.37. The first-order valence-corrected chi connectivity index (χ1v) is 9.49. The summed E-state index contributed by atoms with van der Waals surface area (Å²) in [6.07, 6.45) is 2.36. The van der Waals surface area contributed by atoms with Crippen LogP contribution in [-0.2, 0) is 10.8 Å². The number of benzene rings is 2. The number of rotatable bonds is 2. The Labute approximate surface area is 158 Å². The zero-order valence-electron chi connectivity index (χ0n) is 14.7. The van der Waals surface area contributed by atoms with Gasteiger partial charge in [-0.05, 0) is 93.8 Å². The molecule has 0 heterocycles. The van der Waals surface area contributed by atoms with E-state index in [9.17, 15) is 4.79 Å². The zero-order valence-corrected chi connectivity index (χ0v) is 16.9. The van der Waals surface area contributed by atoms with Crippen molar-refractivity contribution in [3.8, 4) is 0 Å². The van der Waals surface area contributed by atoms with E-state index in [1.165, 1.54) is 24.0 Å². The molecular formula is C21H24INO. The van der Waals surface area contributed by atoms with E-state index in [4.69, 9.17) is 0 Å². The van der Waals surface area contributed by atoms with Crippen LogP contribution in [0.5, 0.6) is 0 Å². The number of fused-ring (bicyclic) bond motifs is 1. The first-order valence-electron chi connectivity index (χ1n) is 8.41. The lowest BCUT2D eigenvalue weighted by atomic mass is 9.63. The van der Waals surface area contributed by atoms with Crippen molar-refractivity contribution >= 4 is 34.2 Å². The number of hydrogen-bond donors (Lipinski definition) is 1. The number of anilines is 1. The lowest BCUT2D eigenvalue weighted by Gasteiger charge is -2.42. The van der Waals surface area contributed by atoms with Gasteiger partial charge in [0.25, 0.3) is 5.91 Å². The lowest BCUT2D eigenvalue weighted by molar-refractivity contribution is 0.102. The van der Waals surface area contributed by atoms with E-state index in [1.54, 1.807) is 0 Å². The van der Waals surface area contributed by atoms with Gasteiger partial charge < -0.3 is 5.32 Å². The van der Waals surface area contributed by atoms with Crippen LogP contribution in [0.3, 0.4) is 0 Å². The van der Waals surface area contributed by atoms with Gasteiger partial charge in [-0.2, -0.15) is 0 Å². The second kappa shape index (κ2) is 6.17. The Bertz CT molecular complexity index is 775. The quantitative estimate of drug-likeness (QED) is 0.588. The summed E-state index contributed by atoms with van der Waals surface area (Å²) in [7, 11) is 0. The second-order valence-corrected chi connectivity index (χ2v) is 9.23. The Kier molecular flexibility index (Phi) is 4.49. The van der Waals surface area contributed by atoms with Crippen molar-refractivity contribution in [2.45, 2.75) is 51.4 Å². The number of nitrogens with one attached hydrogen (secondary N) is 1. The summed E-state index contributed by atoms with van der Waals surface area (Å²) in [5.74, 6) is -0.0563. The maximum Gasteiger partial charge on any atom is 0.255 e. The summed E-state index contributed by atoms with van der Waals surface area (Å²) in [4.78, 5) is 12.5. The van der Waals surface area contributed by atoms with Crippen LogP contribution >= 0.6 is 22.6 Å². The highest BCUT2D eigenvalue weighted by molar-refractivity contribution is 14.1. The van der Waals surface area contributed by atoms with Crippen molar-refractivity contribution in [3.05, 3.63) is 62.7 Å². The van der Waals surface area contributed by atoms with Crippen molar-refractivity contribution in [3.63, 3.8) is 0 Å². The maximum absolute atomic E-state index is 12.5. The van der Waals surface area contributed by atoms with E-state index in [1.807, 2.05) is 30.3 Å². The lowest BCUT2D eigenvalue weighted by Crippen LogP contribution is -2.33. The van der Waals surface area contributed by atoms with Crippen molar-refractivity contribution in [1.29, 1.82) is 0 Å². The molecule has 0 saturated carbocycles. The molecule has 0 bridgehead atoms. The fourth-order valence-electron chi connectivity index (χ4n) is 3.47. The van der Waals surface area contributed by atoms with Crippen molar-refractivity contribution < 1.29 is 4.79 Å². The molecule has 3 heteroatoms. The van der Waals surface area contributed by atoms with E-state index in [2.05, 4.69) is 67.7 Å². The molecule has 0 fully saturated rings. The molecule has 0 saturated heterocycles. The zero-order chi connectivity index (χ0) is 17.5. The van der Waals surface area contributed by atoms with Crippen LogP contribution in [0.2, 0.25) is 0 Å². The molecule has 2 nitrogen and oxygen atoms in total. The Morgan fingerprint density at radius 2 is 1.50 bits per heavy atom. The fourth-order valence-corrected chi connectivity index (χ4v) is 3.83. The van der Waals surface area contributed by atoms with Gasteiger partial charge in [-0.25, -0.2) is 0 Å². The van der Waals surface area contributed by atoms with Crippen LogP contribution in [0.4, 0.5) is 5.69 Å². The maximum atomic E-state index is 12.5. The molecular weight excluding hydrogens is 409 g/mol. The van der Waals surface area contributed by atoms with Crippen molar-refractivity contribution in [2.24, 2.45) is 0 Å². The number of amides is 1. The Morgan fingerprint density at radius 1 is 0.917 bits per heavy atom. The molecule has 0 atom stereocenters. The van der Waals surface area contributed by atoms with Crippen LogP contribution in [-0.4, -0.2) is 5.91 Å². The van der Waals surface area contributed by atoms with Gasteiger partial charge >= 0.3 is 0 Å². The number of halogens is 1. The minimum absolute atomic E-state index is 0.0563. The third-order valence-corrected chi connectivity index (χ3v) is 5.94. The molecule has 126 valence electrons. The topological polar surface area (TPSA) is 29.1 Å². The summed E-state index contributed by atoms with van der Waals surface area (Å²) in [6, 6.07) is 14.0. The smallest absolute Gasteiger partial charge is 0.255 e. The Hall–Kier alpha value is -1.36. The normalized spacial score (nSPS) is 17.9. The van der Waals surface area contributed by atoms with E-state index in [0.29, 0.717) is 5.56 Å². The highest BCUT2D eigenvalue weighted by Gasteiger charge is 2.36. The number of hydrogen-bond acceptors (Lipinski definition) is 1. The van der Waals surface area contributed by atoms with Gasteiger partial charge in [0, 0.05) is 14.8 Å². The summed E-state index contributed by atoms with van der Waals surface area (Å²) >= 11 is 2.24. The van der Waals surface area contributed by atoms with Crippen LogP contribution < -0.4 is 5.32 Å². The van der Waals surface area contributed by atoms with Gasteiger partial charge in [0.1, 0.15) is 0 Å². The van der Waals surface area contributed by atoms with Crippen LogP contribution in [0.25, 0.3) is 0 Å². The second-order valence-electron chi connectivity index (χ2n) is 7.99. The predicted octanol–water partition coefficient (Wildman–Crippen LogP) is 5.89. The minimum atomic E-state index is -0.0563. The highest BCUT2D eigenvalue weighted by Crippen LogP contribution is 2.46. The molecule has 0 radical (unpaired) electrons. The first kappa shape index (κ1) is 17.5. The molecule has 0 aliphatic heterocycles. The van der Waals surface area contributed by atoms with Crippen molar-refractivity contribution in [1.82, 2.24) is 0 Å². The summed E-state index contributed by atoms with van der Waals surface area (Å²) < 4.78 is 1.13. The fraction of sp³-hybridized carbons (Fsp3) is 0.381. The van der Waals surface area contributed by atoms with Gasteiger partial charge in [0.2, 0.25) is 0 Å². The molecule has 2 aromatic carbocycles. The molecule has 1 amide bonds. The molecule has 3 rings (SSSR count). The third-order valence-electron chi connectivity index (χ3n) is 5.22. The van der Waals surface area contributed by atoms with Crippen molar-refractivity contribution in [2.75, 3.05) is 5.32 Å². The average molecular weight is 433 g/mol. The monoisotopic (exact) mass is 433 g/mol. The minimum Gasteiger partial charge on any atom is -0.322 e. The number of carbonyl (C=O) groups is 1. The highest BCUT2D eigenvalue weighted by atomic mass is 127. The average Bonchev–Trinajstić information content (AvgIpc) is 2.52. The van der Waals surface area contributed by atoms with Crippen LogP contribution in [0.15, 0.2) is 42.5 Å². The van der Waals surface area contributed by atoms with E-state index >= 15 is 0 Å². The van der Waals surface area contributed by atoms with Gasteiger partial charge in [0.05, 0.1) is 0 Å². The van der Waals surface area contributed by atoms with E-state index < -0.39 is 0 Å². The Balaban J connectivity index is 1.91. The largest absolute Gasteiger partial charge is 0.322 e. The van der Waals surface area contributed by atoms with Gasteiger partial charge in [-0.1, -0.05) is 33.8 Å². The molecule has 1 aliphatic carbocycles. The molecule has 2 aromatic rings. The molecule has 24 heavy (non-hydrogen) atoms.